The van der Waals surface area contributed by atoms with Crippen molar-refractivity contribution in [3.8, 4) is 0 Å². The first-order chi connectivity index (χ1) is 16.3. The number of nitrogen functional groups attached to an aromatic ring is 1. The van der Waals surface area contributed by atoms with Gasteiger partial charge in [0.1, 0.15) is 0 Å². The van der Waals surface area contributed by atoms with E-state index in [1.165, 1.54) is 0 Å². The van der Waals surface area contributed by atoms with Gasteiger partial charge in [0.15, 0.2) is 0 Å². The molecule has 0 radical (unpaired) electrons. The fourth-order valence-electron chi connectivity index (χ4n) is 3.69. The lowest BCUT2D eigenvalue weighted by atomic mass is 10.1. The molecule has 0 saturated heterocycles. The molecule has 4 N–H and O–H groups in total. The Labute approximate surface area is 201 Å². The van der Waals surface area contributed by atoms with E-state index in [2.05, 4.69) is 4.90 Å². The van der Waals surface area contributed by atoms with E-state index < -0.39 is 5.91 Å². The van der Waals surface area contributed by atoms with Crippen LogP contribution in [0.3, 0.4) is 0 Å². The first-order valence-electron chi connectivity index (χ1n) is 11.3. The third-order valence-electron chi connectivity index (χ3n) is 5.58. The van der Waals surface area contributed by atoms with E-state index in [9.17, 15) is 9.59 Å². The summed E-state index contributed by atoms with van der Waals surface area (Å²) in [6.07, 6.45) is 0.810. The van der Waals surface area contributed by atoms with Gasteiger partial charge in [-0.3, -0.25) is 9.69 Å². The minimum atomic E-state index is -0.476. The van der Waals surface area contributed by atoms with Gasteiger partial charge in [-0.1, -0.05) is 42.0 Å². The van der Waals surface area contributed by atoms with Gasteiger partial charge in [-0.25, -0.2) is 4.79 Å². The summed E-state index contributed by atoms with van der Waals surface area (Å²) in [5.41, 5.74) is 16.0. The highest BCUT2D eigenvalue weighted by molar-refractivity contribution is 6.02. The predicted molar refractivity (Wildman–Crippen MR) is 138 cm³/mol. The Bertz CT molecular complexity index is 1110. The molecule has 7 nitrogen and oxygen atoms in total. The zero-order valence-corrected chi connectivity index (χ0v) is 20.1. The lowest BCUT2D eigenvalue weighted by Gasteiger charge is -2.32. The Morgan fingerprint density at radius 1 is 0.853 bits per heavy atom. The second-order valence-corrected chi connectivity index (χ2v) is 8.65. The molecule has 3 amide bonds. The van der Waals surface area contributed by atoms with E-state index in [0.29, 0.717) is 30.0 Å². The molecule has 0 unspecified atom stereocenters. The third-order valence-corrected chi connectivity index (χ3v) is 5.58. The average Bonchev–Trinajstić information content (AvgIpc) is 2.81. The Morgan fingerprint density at radius 2 is 1.50 bits per heavy atom. The smallest absolute Gasteiger partial charge is 0.329 e. The number of hydrogen-bond donors (Lipinski definition) is 2. The molecule has 0 aromatic heterocycles. The number of nitrogens with zero attached hydrogens (tertiary/aromatic N) is 3. The number of carbonyl (C=O) groups is 2. The summed E-state index contributed by atoms with van der Waals surface area (Å²) >= 11 is 0. The molecule has 3 aromatic carbocycles. The van der Waals surface area contributed by atoms with Gasteiger partial charge in [-0.2, -0.15) is 0 Å². The summed E-state index contributed by atoms with van der Waals surface area (Å²) < 4.78 is 0. The maximum Gasteiger partial charge on any atom is 0.329 e. The number of primary amides is 1. The number of nitrogens with two attached hydrogens (primary N) is 2. The molecule has 0 fully saturated rings. The lowest BCUT2D eigenvalue weighted by molar-refractivity contribution is 0.1000. The van der Waals surface area contributed by atoms with E-state index in [-0.39, 0.29) is 6.03 Å². The van der Waals surface area contributed by atoms with Crippen molar-refractivity contribution in [3.63, 3.8) is 0 Å². The normalized spacial score (nSPS) is 10.8. The fourth-order valence-corrected chi connectivity index (χ4v) is 3.69. The summed E-state index contributed by atoms with van der Waals surface area (Å²) in [4.78, 5) is 31.1. The standard InChI is InChI=1S/C27H33N5O2/c1-20-9-15-23(16-10-20)32(25-8-5-4-7-24(25)28)27(34)31(18-6-17-30(2)3)19-21-11-13-22(14-12-21)26(29)33/h4-5,7-16H,6,17-19,28H2,1-3H3,(H2,29,33). The van der Waals surface area contributed by atoms with Crippen LogP contribution >= 0.6 is 0 Å². The molecule has 3 aromatic rings. The van der Waals surface area contributed by atoms with Crippen molar-refractivity contribution in [2.24, 2.45) is 5.73 Å². The van der Waals surface area contributed by atoms with Crippen molar-refractivity contribution in [2.45, 2.75) is 19.9 Å². The molecule has 0 aliphatic carbocycles. The van der Waals surface area contributed by atoms with Gasteiger partial charge in [-0.05, 0) is 75.9 Å². The summed E-state index contributed by atoms with van der Waals surface area (Å²) in [6.45, 7) is 3.81. The Morgan fingerprint density at radius 3 is 2.09 bits per heavy atom. The van der Waals surface area contributed by atoms with E-state index in [0.717, 1.165) is 29.8 Å². The number of anilines is 3. The molecule has 0 aliphatic rings. The summed E-state index contributed by atoms with van der Waals surface area (Å²) in [6, 6.07) is 22.1. The number of amides is 3. The van der Waals surface area contributed by atoms with Crippen LogP contribution in [-0.2, 0) is 6.54 Å². The molecule has 178 valence electrons. The summed E-state index contributed by atoms with van der Waals surface area (Å²) in [7, 11) is 4.02. The molecule has 0 heterocycles. The molecule has 0 saturated carbocycles. The second-order valence-electron chi connectivity index (χ2n) is 8.65. The van der Waals surface area contributed by atoms with Crippen LogP contribution < -0.4 is 16.4 Å². The van der Waals surface area contributed by atoms with Crippen LogP contribution in [0.1, 0.15) is 27.9 Å². The first kappa shape index (κ1) is 24.8. The number of hydrogen-bond acceptors (Lipinski definition) is 4. The number of para-hydroxylation sites is 2. The zero-order chi connectivity index (χ0) is 24.7. The monoisotopic (exact) mass is 459 g/mol. The predicted octanol–water partition coefficient (Wildman–Crippen LogP) is 4.39. The third kappa shape index (κ3) is 6.36. The van der Waals surface area contributed by atoms with Gasteiger partial charge in [-0.15, -0.1) is 0 Å². The molecule has 7 heteroatoms. The van der Waals surface area contributed by atoms with Crippen LogP contribution in [0, 0.1) is 6.92 Å². The van der Waals surface area contributed by atoms with Crippen molar-refractivity contribution in [2.75, 3.05) is 37.8 Å². The van der Waals surface area contributed by atoms with Crippen LogP contribution in [0.5, 0.6) is 0 Å². The number of benzene rings is 3. The zero-order valence-electron chi connectivity index (χ0n) is 20.1. The van der Waals surface area contributed by atoms with Gasteiger partial charge in [0.2, 0.25) is 5.91 Å². The van der Waals surface area contributed by atoms with E-state index in [1.54, 1.807) is 23.1 Å². The van der Waals surface area contributed by atoms with Crippen molar-refractivity contribution in [1.82, 2.24) is 9.80 Å². The molecule has 0 spiro atoms. The van der Waals surface area contributed by atoms with Crippen LogP contribution in [-0.4, -0.2) is 48.9 Å². The van der Waals surface area contributed by atoms with Crippen molar-refractivity contribution in [3.05, 3.63) is 89.5 Å². The largest absolute Gasteiger partial charge is 0.397 e. The minimum Gasteiger partial charge on any atom is -0.397 e. The summed E-state index contributed by atoms with van der Waals surface area (Å²) in [5.74, 6) is -0.476. The van der Waals surface area contributed by atoms with E-state index >= 15 is 0 Å². The lowest BCUT2D eigenvalue weighted by Crippen LogP contribution is -2.42. The Balaban J connectivity index is 1.97. The topological polar surface area (TPSA) is 95.9 Å². The molecule has 0 bridgehead atoms. The van der Waals surface area contributed by atoms with Crippen LogP contribution in [0.25, 0.3) is 0 Å². The van der Waals surface area contributed by atoms with E-state index in [4.69, 9.17) is 11.5 Å². The molecular weight excluding hydrogens is 426 g/mol. The van der Waals surface area contributed by atoms with Gasteiger partial charge in [0.05, 0.1) is 17.1 Å². The molecular formula is C27H33N5O2. The van der Waals surface area contributed by atoms with Crippen molar-refractivity contribution >= 4 is 29.0 Å². The van der Waals surface area contributed by atoms with Crippen molar-refractivity contribution < 1.29 is 9.59 Å². The molecule has 0 atom stereocenters. The number of carbonyl (C=O) groups excluding carboxylic acids is 2. The first-order valence-corrected chi connectivity index (χ1v) is 11.3. The Hall–Kier alpha value is -3.84. The van der Waals surface area contributed by atoms with E-state index in [1.807, 2.05) is 80.5 Å². The quantitative estimate of drug-likeness (QED) is 0.464. The SMILES string of the molecule is Cc1ccc(N(C(=O)N(CCCN(C)C)Cc2ccc(C(N)=O)cc2)c2ccccc2N)cc1. The van der Waals surface area contributed by atoms with Gasteiger partial charge in [0, 0.05) is 18.7 Å². The fraction of sp³-hybridized carbons (Fsp3) is 0.259. The van der Waals surface area contributed by atoms with Gasteiger partial charge >= 0.3 is 6.03 Å². The maximum absolute atomic E-state index is 14.0. The minimum absolute atomic E-state index is 0.167. The van der Waals surface area contributed by atoms with Gasteiger partial charge < -0.3 is 21.3 Å². The second kappa shape index (κ2) is 11.3. The highest BCUT2D eigenvalue weighted by Gasteiger charge is 2.25. The van der Waals surface area contributed by atoms with Crippen LogP contribution in [0.4, 0.5) is 21.9 Å². The number of aryl methyl sites for hydroxylation is 1. The van der Waals surface area contributed by atoms with Crippen LogP contribution in [0.15, 0.2) is 72.8 Å². The number of rotatable bonds is 9. The van der Waals surface area contributed by atoms with Gasteiger partial charge in [0.25, 0.3) is 0 Å². The van der Waals surface area contributed by atoms with Crippen LogP contribution in [0.2, 0.25) is 0 Å². The highest BCUT2D eigenvalue weighted by atomic mass is 16.2. The van der Waals surface area contributed by atoms with Crippen molar-refractivity contribution in [1.29, 1.82) is 0 Å². The maximum atomic E-state index is 14.0. The summed E-state index contributed by atoms with van der Waals surface area (Å²) in [5, 5.41) is 0. The highest BCUT2D eigenvalue weighted by Crippen LogP contribution is 2.32. The molecule has 3 rings (SSSR count). The Kier molecular flexibility index (Phi) is 8.27. The average molecular weight is 460 g/mol. The molecule has 0 aliphatic heterocycles. The number of urea groups is 1. The molecule has 34 heavy (non-hydrogen) atoms.